The van der Waals surface area contributed by atoms with Crippen LogP contribution in [0.15, 0.2) is 42.5 Å². The Morgan fingerprint density at radius 2 is 1.88 bits per heavy atom. The highest BCUT2D eigenvalue weighted by Gasteiger charge is 2.24. The van der Waals surface area contributed by atoms with Crippen LogP contribution in [0.4, 0.5) is 11.4 Å². The minimum absolute atomic E-state index is 0.174. The number of carbonyl (C=O) groups is 2. The molecule has 0 unspecified atom stereocenters. The second-order valence-corrected chi connectivity index (χ2v) is 5.36. The number of para-hydroxylation sites is 2. The monoisotopic (exact) mass is 342 g/mol. The van der Waals surface area contributed by atoms with Crippen LogP contribution in [-0.2, 0) is 16.0 Å². The molecule has 1 N–H and O–H groups in total. The Labute approximate surface area is 144 Å². The molecule has 7 nitrogen and oxygen atoms in total. The SMILES string of the molecule is CCc1ccccc1NC(=O)COC(=O)c1cccc(C)c1[N+](=O)[O-]. The predicted molar refractivity (Wildman–Crippen MR) is 92.6 cm³/mol. The average Bonchev–Trinajstić information content (AvgIpc) is 2.59. The number of ether oxygens (including phenoxy) is 1. The third-order valence-corrected chi connectivity index (χ3v) is 3.65. The molecule has 0 aliphatic carbocycles. The maximum atomic E-state index is 12.1. The second kappa shape index (κ2) is 8.05. The number of amides is 1. The maximum Gasteiger partial charge on any atom is 0.345 e. The van der Waals surface area contributed by atoms with Crippen LogP contribution in [0.2, 0.25) is 0 Å². The van der Waals surface area contributed by atoms with Gasteiger partial charge in [-0.25, -0.2) is 4.79 Å². The molecule has 0 aromatic heterocycles. The van der Waals surface area contributed by atoms with Crippen LogP contribution in [0.3, 0.4) is 0 Å². The van der Waals surface area contributed by atoms with E-state index in [2.05, 4.69) is 5.32 Å². The standard InChI is InChI=1S/C18H18N2O5/c1-3-13-8-4-5-10-15(13)19-16(21)11-25-18(22)14-9-6-7-12(2)17(14)20(23)24/h4-10H,3,11H2,1-2H3,(H,19,21). The summed E-state index contributed by atoms with van der Waals surface area (Å²) in [6.45, 7) is 2.97. The van der Waals surface area contributed by atoms with Crippen LogP contribution < -0.4 is 5.32 Å². The highest BCUT2D eigenvalue weighted by Crippen LogP contribution is 2.23. The number of aryl methyl sites for hydroxylation is 2. The summed E-state index contributed by atoms with van der Waals surface area (Å²) in [5.74, 6) is -1.42. The first kappa shape index (κ1) is 18.1. The van der Waals surface area contributed by atoms with Crippen molar-refractivity contribution >= 4 is 23.3 Å². The predicted octanol–water partition coefficient (Wildman–Crippen LogP) is 3.26. The van der Waals surface area contributed by atoms with E-state index in [1.807, 2.05) is 19.1 Å². The van der Waals surface area contributed by atoms with Crippen molar-refractivity contribution in [3.8, 4) is 0 Å². The van der Waals surface area contributed by atoms with Crippen LogP contribution in [0.5, 0.6) is 0 Å². The Balaban J connectivity index is 2.04. The minimum Gasteiger partial charge on any atom is -0.452 e. The van der Waals surface area contributed by atoms with Crippen LogP contribution >= 0.6 is 0 Å². The van der Waals surface area contributed by atoms with Crippen molar-refractivity contribution in [2.75, 3.05) is 11.9 Å². The quantitative estimate of drug-likeness (QED) is 0.493. The summed E-state index contributed by atoms with van der Waals surface area (Å²) < 4.78 is 4.93. The zero-order valence-electron chi connectivity index (χ0n) is 13.9. The molecule has 0 heterocycles. The van der Waals surface area contributed by atoms with Crippen molar-refractivity contribution in [2.24, 2.45) is 0 Å². The van der Waals surface area contributed by atoms with Gasteiger partial charge in [-0.15, -0.1) is 0 Å². The van der Waals surface area contributed by atoms with Crippen LogP contribution in [0.25, 0.3) is 0 Å². The van der Waals surface area contributed by atoms with Crippen molar-refractivity contribution in [3.63, 3.8) is 0 Å². The summed E-state index contributed by atoms with van der Waals surface area (Å²) in [5.41, 5.74) is 1.46. The lowest BCUT2D eigenvalue weighted by Crippen LogP contribution is -2.22. The first-order chi connectivity index (χ1) is 11.9. The van der Waals surface area contributed by atoms with E-state index in [4.69, 9.17) is 4.74 Å². The van der Waals surface area contributed by atoms with E-state index in [-0.39, 0.29) is 11.3 Å². The van der Waals surface area contributed by atoms with Gasteiger partial charge in [-0.05, 0) is 31.0 Å². The van der Waals surface area contributed by atoms with Gasteiger partial charge in [-0.1, -0.05) is 37.3 Å². The number of nitrogens with one attached hydrogen (secondary N) is 1. The average molecular weight is 342 g/mol. The molecule has 0 saturated carbocycles. The van der Waals surface area contributed by atoms with Gasteiger partial charge in [-0.2, -0.15) is 0 Å². The van der Waals surface area contributed by atoms with Gasteiger partial charge in [0.25, 0.3) is 11.6 Å². The molecule has 130 valence electrons. The Morgan fingerprint density at radius 1 is 1.16 bits per heavy atom. The molecule has 0 atom stereocenters. The molecule has 0 aliphatic rings. The van der Waals surface area contributed by atoms with E-state index < -0.39 is 23.4 Å². The normalized spacial score (nSPS) is 10.2. The largest absolute Gasteiger partial charge is 0.452 e. The highest BCUT2D eigenvalue weighted by molar-refractivity contribution is 5.98. The number of rotatable bonds is 6. The third-order valence-electron chi connectivity index (χ3n) is 3.65. The number of hydrogen-bond acceptors (Lipinski definition) is 5. The molecule has 2 aromatic carbocycles. The number of nitro groups is 1. The molecule has 0 bridgehead atoms. The number of esters is 1. The van der Waals surface area contributed by atoms with Gasteiger partial charge >= 0.3 is 5.97 Å². The fraction of sp³-hybridized carbons (Fsp3) is 0.222. The van der Waals surface area contributed by atoms with E-state index in [1.54, 1.807) is 12.1 Å². The first-order valence-electron chi connectivity index (χ1n) is 7.73. The lowest BCUT2D eigenvalue weighted by molar-refractivity contribution is -0.385. The zero-order chi connectivity index (χ0) is 18.4. The highest BCUT2D eigenvalue weighted by atomic mass is 16.6. The molecular weight excluding hydrogens is 324 g/mol. The Kier molecular flexibility index (Phi) is 5.84. The van der Waals surface area contributed by atoms with Crippen LogP contribution in [0, 0.1) is 17.0 Å². The molecule has 0 fully saturated rings. The molecule has 0 saturated heterocycles. The number of nitro benzene ring substituents is 1. The molecule has 0 aliphatic heterocycles. The number of carbonyl (C=O) groups excluding carboxylic acids is 2. The van der Waals surface area contributed by atoms with Gasteiger partial charge in [0.15, 0.2) is 6.61 Å². The van der Waals surface area contributed by atoms with Crippen molar-refractivity contribution in [1.29, 1.82) is 0 Å². The Morgan fingerprint density at radius 3 is 2.56 bits per heavy atom. The minimum atomic E-state index is -0.908. The van der Waals surface area contributed by atoms with Crippen LogP contribution in [-0.4, -0.2) is 23.4 Å². The zero-order valence-corrected chi connectivity index (χ0v) is 13.9. The number of hydrogen-bond donors (Lipinski definition) is 1. The lowest BCUT2D eigenvalue weighted by atomic mass is 10.1. The van der Waals surface area contributed by atoms with E-state index >= 15 is 0 Å². The van der Waals surface area contributed by atoms with Gasteiger partial charge in [-0.3, -0.25) is 14.9 Å². The summed E-state index contributed by atoms with van der Waals surface area (Å²) in [6.07, 6.45) is 0.742. The fourth-order valence-electron chi connectivity index (χ4n) is 2.41. The molecular formula is C18H18N2O5. The van der Waals surface area contributed by atoms with Gasteiger partial charge in [0, 0.05) is 11.3 Å². The smallest absolute Gasteiger partial charge is 0.345 e. The third kappa shape index (κ3) is 4.41. The van der Waals surface area contributed by atoms with Crippen molar-refractivity contribution in [3.05, 3.63) is 69.3 Å². The maximum absolute atomic E-state index is 12.1. The Hall–Kier alpha value is -3.22. The number of nitrogens with zero attached hydrogens (tertiary/aromatic N) is 1. The van der Waals surface area contributed by atoms with Gasteiger partial charge < -0.3 is 10.1 Å². The van der Waals surface area contributed by atoms with Crippen LogP contribution in [0.1, 0.15) is 28.4 Å². The molecule has 2 aromatic rings. The van der Waals surface area contributed by atoms with E-state index in [1.165, 1.54) is 25.1 Å². The van der Waals surface area contributed by atoms with Gasteiger partial charge in [0.2, 0.25) is 0 Å². The topological polar surface area (TPSA) is 98.5 Å². The Bertz CT molecular complexity index is 817. The number of anilines is 1. The second-order valence-electron chi connectivity index (χ2n) is 5.36. The lowest BCUT2D eigenvalue weighted by Gasteiger charge is -2.10. The van der Waals surface area contributed by atoms with Crippen molar-refractivity contribution < 1.29 is 19.2 Å². The molecule has 7 heteroatoms. The van der Waals surface area contributed by atoms with Gasteiger partial charge in [0.05, 0.1) is 4.92 Å². The molecule has 1 amide bonds. The van der Waals surface area contributed by atoms with Crippen molar-refractivity contribution in [2.45, 2.75) is 20.3 Å². The summed E-state index contributed by atoms with van der Waals surface area (Å²) >= 11 is 0. The van der Waals surface area contributed by atoms with Gasteiger partial charge in [0.1, 0.15) is 5.56 Å². The summed E-state index contributed by atoms with van der Waals surface area (Å²) in [6, 6.07) is 11.7. The molecule has 0 radical (unpaired) electrons. The molecule has 0 spiro atoms. The molecule has 25 heavy (non-hydrogen) atoms. The molecule has 2 rings (SSSR count). The summed E-state index contributed by atoms with van der Waals surface area (Å²) in [4.78, 5) is 34.6. The first-order valence-corrected chi connectivity index (χ1v) is 7.73. The summed E-state index contributed by atoms with van der Waals surface area (Å²) in [7, 11) is 0. The van der Waals surface area contributed by atoms with E-state index in [0.717, 1.165) is 12.0 Å². The van der Waals surface area contributed by atoms with Crippen molar-refractivity contribution in [1.82, 2.24) is 0 Å². The number of benzene rings is 2. The van der Waals surface area contributed by atoms with E-state index in [0.29, 0.717) is 11.3 Å². The van der Waals surface area contributed by atoms with E-state index in [9.17, 15) is 19.7 Å². The fourth-order valence-corrected chi connectivity index (χ4v) is 2.41. The summed E-state index contributed by atoms with van der Waals surface area (Å²) in [5, 5.41) is 13.8.